The molecule has 3 rings (SSSR count). The van der Waals surface area contributed by atoms with Crippen molar-refractivity contribution in [2.24, 2.45) is 0 Å². The second-order valence-corrected chi connectivity index (χ2v) is 3.79. The van der Waals surface area contributed by atoms with Crippen molar-refractivity contribution in [1.29, 1.82) is 0 Å². The highest BCUT2D eigenvalue weighted by Gasteiger charge is 2.02. The molecule has 1 heterocycles. The summed E-state index contributed by atoms with van der Waals surface area (Å²) >= 11 is 0. The van der Waals surface area contributed by atoms with Crippen LogP contribution in [-0.4, -0.2) is 4.98 Å². The SMILES string of the molecule is Fc1cc2ccc(-c3ccccc3)cc2[nH]1. The molecular formula is C14H10FN. The Balaban J connectivity index is 2.18. The van der Waals surface area contributed by atoms with Gasteiger partial charge in [-0.2, -0.15) is 4.39 Å². The minimum atomic E-state index is -0.291. The second kappa shape index (κ2) is 3.49. The summed E-state index contributed by atoms with van der Waals surface area (Å²) in [6.45, 7) is 0. The molecule has 0 aliphatic heterocycles. The topological polar surface area (TPSA) is 15.8 Å². The molecule has 0 atom stereocenters. The molecule has 0 unspecified atom stereocenters. The van der Waals surface area contributed by atoms with Gasteiger partial charge in [-0.1, -0.05) is 42.5 Å². The average molecular weight is 211 g/mol. The van der Waals surface area contributed by atoms with Gasteiger partial charge in [0.05, 0.1) is 0 Å². The lowest BCUT2D eigenvalue weighted by atomic mass is 10.0. The Morgan fingerprint density at radius 2 is 1.62 bits per heavy atom. The van der Waals surface area contributed by atoms with E-state index in [0.29, 0.717) is 0 Å². The van der Waals surface area contributed by atoms with Crippen LogP contribution in [0.2, 0.25) is 0 Å². The van der Waals surface area contributed by atoms with E-state index in [1.165, 1.54) is 6.07 Å². The average Bonchev–Trinajstić information content (AvgIpc) is 2.69. The smallest absolute Gasteiger partial charge is 0.192 e. The van der Waals surface area contributed by atoms with Crippen LogP contribution >= 0.6 is 0 Å². The van der Waals surface area contributed by atoms with Gasteiger partial charge in [0.25, 0.3) is 0 Å². The number of halogens is 1. The first-order valence-electron chi connectivity index (χ1n) is 5.17. The van der Waals surface area contributed by atoms with E-state index >= 15 is 0 Å². The van der Waals surface area contributed by atoms with E-state index in [-0.39, 0.29) is 5.95 Å². The lowest BCUT2D eigenvalue weighted by Gasteiger charge is -2.00. The molecular weight excluding hydrogens is 201 g/mol. The van der Waals surface area contributed by atoms with Crippen molar-refractivity contribution in [3.8, 4) is 11.1 Å². The van der Waals surface area contributed by atoms with Gasteiger partial charge in [0.1, 0.15) is 0 Å². The summed E-state index contributed by atoms with van der Waals surface area (Å²) in [5.41, 5.74) is 3.06. The fourth-order valence-electron chi connectivity index (χ4n) is 1.90. The first kappa shape index (κ1) is 9.16. The molecule has 0 saturated carbocycles. The predicted molar refractivity (Wildman–Crippen MR) is 63.7 cm³/mol. The van der Waals surface area contributed by atoms with Crippen molar-refractivity contribution in [2.45, 2.75) is 0 Å². The van der Waals surface area contributed by atoms with Crippen molar-refractivity contribution in [3.05, 3.63) is 60.5 Å². The zero-order valence-electron chi connectivity index (χ0n) is 8.57. The van der Waals surface area contributed by atoms with E-state index in [2.05, 4.69) is 4.98 Å². The van der Waals surface area contributed by atoms with Gasteiger partial charge in [0.2, 0.25) is 0 Å². The number of fused-ring (bicyclic) bond motifs is 1. The van der Waals surface area contributed by atoms with Crippen molar-refractivity contribution in [3.63, 3.8) is 0 Å². The molecule has 0 bridgehead atoms. The highest BCUT2D eigenvalue weighted by Crippen LogP contribution is 2.24. The summed E-state index contributed by atoms with van der Waals surface area (Å²) in [4.78, 5) is 2.70. The summed E-state index contributed by atoms with van der Waals surface area (Å²) in [5.74, 6) is -0.291. The number of benzene rings is 2. The molecule has 0 spiro atoms. The summed E-state index contributed by atoms with van der Waals surface area (Å²) in [7, 11) is 0. The Morgan fingerprint density at radius 1 is 0.812 bits per heavy atom. The van der Waals surface area contributed by atoms with Crippen LogP contribution in [0.1, 0.15) is 0 Å². The van der Waals surface area contributed by atoms with E-state index in [4.69, 9.17) is 0 Å². The van der Waals surface area contributed by atoms with Crippen molar-refractivity contribution in [2.75, 3.05) is 0 Å². The standard InChI is InChI=1S/C14H10FN/c15-14-9-12-7-6-11(8-13(12)16-14)10-4-2-1-3-5-10/h1-9,16H. The molecule has 0 fully saturated rings. The van der Waals surface area contributed by atoms with Crippen LogP contribution < -0.4 is 0 Å². The Morgan fingerprint density at radius 3 is 2.44 bits per heavy atom. The van der Waals surface area contributed by atoms with Crippen LogP contribution in [0, 0.1) is 5.95 Å². The first-order chi connectivity index (χ1) is 7.83. The Bertz CT molecular complexity index is 626. The highest BCUT2D eigenvalue weighted by atomic mass is 19.1. The largest absolute Gasteiger partial charge is 0.331 e. The molecule has 0 aliphatic rings. The van der Waals surface area contributed by atoms with Gasteiger partial charge in [-0.25, -0.2) is 0 Å². The van der Waals surface area contributed by atoms with Crippen molar-refractivity contribution < 1.29 is 4.39 Å². The summed E-state index contributed by atoms with van der Waals surface area (Å²) in [6, 6.07) is 17.5. The fraction of sp³-hybridized carbons (Fsp3) is 0. The van der Waals surface area contributed by atoms with Gasteiger partial charge < -0.3 is 4.98 Å². The number of aromatic nitrogens is 1. The van der Waals surface area contributed by atoms with Gasteiger partial charge in [0, 0.05) is 17.0 Å². The number of hydrogen-bond donors (Lipinski definition) is 1. The third-order valence-corrected chi connectivity index (χ3v) is 2.70. The van der Waals surface area contributed by atoms with Crippen molar-refractivity contribution in [1.82, 2.24) is 4.98 Å². The number of H-pyrrole nitrogens is 1. The number of hydrogen-bond acceptors (Lipinski definition) is 0. The summed E-state index contributed by atoms with van der Waals surface area (Å²) < 4.78 is 13.0. The van der Waals surface area contributed by atoms with Crippen LogP contribution in [0.5, 0.6) is 0 Å². The molecule has 0 radical (unpaired) electrons. The van der Waals surface area contributed by atoms with Gasteiger partial charge in [-0.15, -0.1) is 0 Å². The lowest BCUT2D eigenvalue weighted by molar-refractivity contribution is 0.595. The quantitative estimate of drug-likeness (QED) is 0.626. The number of aromatic amines is 1. The van der Waals surface area contributed by atoms with Crippen molar-refractivity contribution >= 4 is 10.9 Å². The molecule has 2 aromatic carbocycles. The fourth-order valence-corrected chi connectivity index (χ4v) is 1.90. The highest BCUT2D eigenvalue weighted by molar-refractivity contribution is 5.84. The van der Waals surface area contributed by atoms with Crippen LogP contribution in [-0.2, 0) is 0 Å². The molecule has 1 N–H and O–H groups in total. The summed E-state index contributed by atoms with van der Waals surface area (Å²) in [6.07, 6.45) is 0. The maximum Gasteiger partial charge on any atom is 0.192 e. The Hall–Kier alpha value is -2.09. The number of nitrogens with one attached hydrogen (secondary N) is 1. The van der Waals surface area contributed by atoms with Gasteiger partial charge >= 0.3 is 0 Å². The molecule has 0 amide bonds. The van der Waals surface area contributed by atoms with E-state index < -0.39 is 0 Å². The van der Waals surface area contributed by atoms with Crippen LogP contribution in [0.15, 0.2) is 54.6 Å². The van der Waals surface area contributed by atoms with Crippen LogP contribution in [0.25, 0.3) is 22.0 Å². The Labute approximate surface area is 92.5 Å². The van der Waals surface area contributed by atoms with Crippen LogP contribution in [0.4, 0.5) is 4.39 Å². The summed E-state index contributed by atoms with van der Waals surface area (Å²) in [5, 5.41) is 0.900. The second-order valence-electron chi connectivity index (χ2n) is 3.79. The third kappa shape index (κ3) is 1.48. The molecule has 78 valence electrons. The molecule has 0 aliphatic carbocycles. The zero-order chi connectivity index (χ0) is 11.0. The minimum Gasteiger partial charge on any atom is -0.331 e. The molecule has 1 aromatic heterocycles. The van der Waals surface area contributed by atoms with E-state index in [1.807, 2.05) is 48.5 Å². The number of rotatable bonds is 1. The maximum absolute atomic E-state index is 13.0. The molecule has 2 heteroatoms. The van der Waals surface area contributed by atoms with E-state index in [0.717, 1.165) is 22.0 Å². The Kier molecular flexibility index (Phi) is 2.00. The normalized spacial score (nSPS) is 10.8. The third-order valence-electron chi connectivity index (χ3n) is 2.70. The molecule has 3 aromatic rings. The zero-order valence-corrected chi connectivity index (χ0v) is 8.57. The van der Waals surface area contributed by atoms with Gasteiger partial charge in [-0.05, 0) is 17.2 Å². The predicted octanol–water partition coefficient (Wildman–Crippen LogP) is 3.97. The molecule has 16 heavy (non-hydrogen) atoms. The van der Waals surface area contributed by atoms with Gasteiger partial charge in [0.15, 0.2) is 5.95 Å². The van der Waals surface area contributed by atoms with E-state index in [1.54, 1.807) is 0 Å². The minimum absolute atomic E-state index is 0.291. The lowest BCUT2D eigenvalue weighted by Crippen LogP contribution is -1.77. The maximum atomic E-state index is 13.0. The molecule has 1 nitrogen and oxygen atoms in total. The monoisotopic (exact) mass is 211 g/mol. The molecule has 0 saturated heterocycles. The first-order valence-corrected chi connectivity index (χ1v) is 5.17. The van der Waals surface area contributed by atoms with E-state index in [9.17, 15) is 4.39 Å². The van der Waals surface area contributed by atoms with Crippen LogP contribution in [0.3, 0.4) is 0 Å². The van der Waals surface area contributed by atoms with Gasteiger partial charge in [-0.3, -0.25) is 0 Å².